The number of rotatable bonds is 7. The maximum atomic E-state index is 11.5. The maximum Gasteiger partial charge on any atom is 0.140 e. The van der Waals surface area contributed by atoms with Crippen molar-refractivity contribution in [2.75, 3.05) is 19.8 Å². The highest BCUT2D eigenvalue weighted by atomic mass is 16.5. The van der Waals surface area contributed by atoms with E-state index in [-0.39, 0.29) is 11.2 Å². The van der Waals surface area contributed by atoms with Gasteiger partial charge in [0.1, 0.15) is 5.78 Å². The molecule has 0 radical (unpaired) electrons. The molecule has 0 rings (SSSR count). The van der Waals surface area contributed by atoms with Crippen molar-refractivity contribution >= 4 is 5.78 Å². The third-order valence-corrected chi connectivity index (χ3v) is 2.11. The molecule has 0 atom stereocenters. The zero-order chi connectivity index (χ0) is 11.9. The van der Waals surface area contributed by atoms with Gasteiger partial charge in [-0.15, -0.1) is 0 Å². The van der Waals surface area contributed by atoms with Crippen LogP contribution in [0.5, 0.6) is 0 Å². The number of carbonyl (C=O) groups is 1. The number of hydrogen-bond acceptors (Lipinski definition) is 3. The van der Waals surface area contributed by atoms with Gasteiger partial charge in [0.15, 0.2) is 0 Å². The van der Waals surface area contributed by atoms with Crippen LogP contribution in [0.25, 0.3) is 0 Å². The quantitative estimate of drug-likeness (QED) is 0.660. The predicted octanol–water partition coefficient (Wildman–Crippen LogP) is 2.01. The Morgan fingerprint density at radius 3 is 2.33 bits per heavy atom. The van der Waals surface area contributed by atoms with E-state index in [1.54, 1.807) is 0 Å². The van der Waals surface area contributed by atoms with Crippen LogP contribution in [0.3, 0.4) is 0 Å². The molecule has 0 aromatic rings. The van der Waals surface area contributed by atoms with Crippen LogP contribution in [0, 0.1) is 5.41 Å². The van der Waals surface area contributed by atoms with E-state index < -0.39 is 0 Å². The molecule has 0 aliphatic carbocycles. The van der Waals surface area contributed by atoms with Crippen molar-refractivity contribution in [3.63, 3.8) is 0 Å². The van der Waals surface area contributed by atoms with E-state index in [2.05, 4.69) is 19.2 Å². The summed E-state index contributed by atoms with van der Waals surface area (Å²) in [5.41, 5.74) is -0.237. The molecule has 0 heterocycles. The summed E-state index contributed by atoms with van der Waals surface area (Å²) in [6.45, 7) is 12.1. The van der Waals surface area contributed by atoms with Crippen LogP contribution in [0.1, 0.15) is 41.0 Å². The van der Waals surface area contributed by atoms with Gasteiger partial charge in [-0.1, -0.05) is 34.6 Å². The molecule has 0 saturated carbocycles. The second-order valence-corrected chi connectivity index (χ2v) is 5.14. The molecule has 15 heavy (non-hydrogen) atoms. The molecule has 0 unspecified atom stereocenters. The van der Waals surface area contributed by atoms with Gasteiger partial charge in [0, 0.05) is 24.4 Å². The molecule has 0 aliphatic rings. The van der Waals surface area contributed by atoms with E-state index in [9.17, 15) is 4.79 Å². The average molecular weight is 215 g/mol. The highest BCUT2D eigenvalue weighted by Gasteiger charge is 2.20. The van der Waals surface area contributed by atoms with Gasteiger partial charge in [0.05, 0.1) is 13.2 Å². The van der Waals surface area contributed by atoms with E-state index in [1.807, 2.05) is 20.8 Å². The largest absolute Gasteiger partial charge is 0.380 e. The third-order valence-electron chi connectivity index (χ3n) is 2.11. The lowest BCUT2D eigenvalue weighted by atomic mass is 9.89. The molecular weight excluding hydrogens is 190 g/mol. The Kier molecular flexibility index (Phi) is 6.77. The minimum atomic E-state index is -0.237. The number of ketones is 1. The van der Waals surface area contributed by atoms with Crippen LogP contribution < -0.4 is 5.32 Å². The van der Waals surface area contributed by atoms with Crippen molar-refractivity contribution in [3.05, 3.63) is 0 Å². The van der Waals surface area contributed by atoms with Crippen LogP contribution in [0.15, 0.2) is 0 Å². The Hall–Kier alpha value is -0.410. The number of Topliss-reactive ketones (excluding diaryl/α,β-unsaturated/α-hetero) is 1. The lowest BCUT2D eigenvalue weighted by Crippen LogP contribution is -2.27. The third kappa shape index (κ3) is 8.58. The second-order valence-electron chi connectivity index (χ2n) is 5.14. The van der Waals surface area contributed by atoms with Crippen LogP contribution in [-0.4, -0.2) is 31.6 Å². The monoisotopic (exact) mass is 215 g/mol. The molecule has 1 N–H and O–H groups in total. The van der Waals surface area contributed by atoms with Crippen LogP contribution in [0.2, 0.25) is 0 Å². The molecule has 90 valence electrons. The molecule has 0 spiro atoms. The van der Waals surface area contributed by atoms with Gasteiger partial charge in [0.25, 0.3) is 0 Å². The lowest BCUT2D eigenvalue weighted by molar-refractivity contribution is -0.127. The summed E-state index contributed by atoms with van der Waals surface area (Å²) < 4.78 is 5.37. The Morgan fingerprint density at radius 1 is 1.27 bits per heavy atom. The zero-order valence-electron chi connectivity index (χ0n) is 10.7. The fourth-order valence-corrected chi connectivity index (χ4v) is 1.06. The number of ether oxygens (including phenoxy) is 1. The Bertz CT molecular complexity index is 183. The first-order chi connectivity index (χ1) is 6.84. The molecule has 3 heteroatoms. The van der Waals surface area contributed by atoms with Crippen molar-refractivity contribution < 1.29 is 9.53 Å². The maximum absolute atomic E-state index is 11.5. The SMILES string of the molecule is CC(C)NCCOCCC(=O)C(C)(C)C. The normalized spacial score (nSPS) is 12.1. The van der Waals surface area contributed by atoms with Crippen molar-refractivity contribution in [3.8, 4) is 0 Å². The number of nitrogens with one attached hydrogen (secondary N) is 1. The summed E-state index contributed by atoms with van der Waals surface area (Å²) in [7, 11) is 0. The summed E-state index contributed by atoms with van der Waals surface area (Å²) in [6, 6.07) is 0.491. The summed E-state index contributed by atoms with van der Waals surface area (Å²) in [6.07, 6.45) is 0.519. The van der Waals surface area contributed by atoms with Crippen molar-refractivity contribution in [2.45, 2.75) is 47.1 Å². The Labute approximate surface area is 93.6 Å². The molecule has 0 amide bonds. The molecule has 0 aromatic heterocycles. The molecule has 0 saturated heterocycles. The Balaban J connectivity index is 3.36. The standard InChI is InChI=1S/C12H25NO2/c1-10(2)13-7-9-15-8-6-11(14)12(3,4)5/h10,13H,6-9H2,1-5H3. The van der Waals surface area contributed by atoms with Crippen molar-refractivity contribution in [1.29, 1.82) is 0 Å². The predicted molar refractivity (Wildman–Crippen MR) is 63.0 cm³/mol. The zero-order valence-corrected chi connectivity index (χ0v) is 10.7. The first kappa shape index (κ1) is 14.6. The topological polar surface area (TPSA) is 38.3 Å². The Morgan fingerprint density at radius 2 is 1.87 bits per heavy atom. The number of hydrogen-bond donors (Lipinski definition) is 1. The van der Waals surface area contributed by atoms with Crippen molar-refractivity contribution in [1.82, 2.24) is 5.32 Å². The van der Waals surface area contributed by atoms with Gasteiger partial charge < -0.3 is 10.1 Å². The van der Waals surface area contributed by atoms with Gasteiger partial charge >= 0.3 is 0 Å². The van der Waals surface area contributed by atoms with Gasteiger partial charge in [-0.2, -0.15) is 0 Å². The van der Waals surface area contributed by atoms with E-state index in [0.717, 1.165) is 6.54 Å². The molecular formula is C12H25NO2. The van der Waals surface area contributed by atoms with Gasteiger partial charge in [-0.3, -0.25) is 4.79 Å². The van der Waals surface area contributed by atoms with Crippen LogP contribution >= 0.6 is 0 Å². The fourth-order valence-electron chi connectivity index (χ4n) is 1.06. The second kappa shape index (κ2) is 6.96. The lowest BCUT2D eigenvalue weighted by Gasteiger charge is -2.16. The minimum Gasteiger partial charge on any atom is -0.380 e. The van der Waals surface area contributed by atoms with Gasteiger partial charge in [-0.25, -0.2) is 0 Å². The summed E-state index contributed by atoms with van der Waals surface area (Å²) in [4.78, 5) is 11.5. The van der Waals surface area contributed by atoms with Gasteiger partial charge in [-0.05, 0) is 0 Å². The molecule has 0 fully saturated rings. The molecule has 3 nitrogen and oxygen atoms in total. The fraction of sp³-hybridized carbons (Fsp3) is 0.917. The first-order valence-corrected chi connectivity index (χ1v) is 5.68. The number of carbonyl (C=O) groups excluding carboxylic acids is 1. The highest BCUT2D eigenvalue weighted by molar-refractivity contribution is 5.83. The molecule has 0 aromatic carbocycles. The minimum absolute atomic E-state index is 0.237. The average Bonchev–Trinajstić information content (AvgIpc) is 2.08. The summed E-state index contributed by atoms with van der Waals surface area (Å²) in [5.74, 6) is 0.263. The van der Waals surface area contributed by atoms with E-state index in [1.165, 1.54) is 0 Å². The van der Waals surface area contributed by atoms with Gasteiger partial charge in [0.2, 0.25) is 0 Å². The van der Waals surface area contributed by atoms with Crippen LogP contribution in [-0.2, 0) is 9.53 Å². The summed E-state index contributed by atoms with van der Waals surface area (Å²) >= 11 is 0. The highest BCUT2D eigenvalue weighted by Crippen LogP contribution is 2.16. The van der Waals surface area contributed by atoms with E-state index in [4.69, 9.17) is 4.74 Å². The smallest absolute Gasteiger partial charge is 0.140 e. The molecule has 0 bridgehead atoms. The van der Waals surface area contributed by atoms with Crippen molar-refractivity contribution in [2.24, 2.45) is 5.41 Å². The summed E-state index contributed by atoms with van der Waals surface area (Å²) in [5, 5.41) is 3.25. The van der Waals surface area contributed by atoms with E-state index in [0.29, 0.717) is 25.7 Å². The van der Waals surface area contributed by atoms with E-state index >= 15 is 0 Å². The first-order valence-electron chi connectivity index (χ1n) is 5.68. The molecule has 0 aliphatic heterocycles. The van der Waals surface area contributed by atoms with Crippen LogP contribution in [0.4, 0.5) is 0 Å².